The van der Waals surface area contributed by atoms with E-state index in [0.717, 1.165) is 31.1 Å². The Kier molecular flexibility index (Phi) is 10.3. The summed E-state index contributed by atoms with van der Waals surface area (Å²) in [6, 6.07) is 7.51. The third-order valence-corrected chi connectivity index (χ3v) is 2.30. The van der Waals surface area contributed by atoms with Gasteiger partial charge in [-0.2, -0.15) is 0 Å². The normalized spacial score (nSPS) is 10.7. The third-order valence-electron chi connectivity index (χ3n) is 2.30. The van der Waals surface area contributed by atoms with Crippen molar-refractivity contribution in [1.82, 2.24) is 0 Å². The summed E-state index contributed by atoms with van der Waals surface area (Å²) in [5, 5.41) is 3.02. The van der Waals surface area contributed by atoms with Gasteiger partial charge in [-0.15, -0.1) is 24.0 Å². The lowest BCUT2D eigenvalue weighted by Crippen LogP contribution is -2.22. The van der Waals surface area contributed by atoms with Crippen LogP contribution < -0.4 is 15.8 Å². The van der Waals surface area contributed by atoms with Crippen molar-refractivity contribution in [1.29, 1.82) is 0 Å². The minimum atomic E-state index is 0. The van der Waals surface area contributed by atoms with Crippen LogP contribution in [-0.4, -0.2) is 32.8 Å². The van der Waals surface area contributed by atoms with Crippen LogP contribution in [0.15, 0.2) is 29.3 Å². The fourth-order valence-corrected chi connectivity index (χ4v) is 1.37. The predicted octanol–water partition coefficient (Wildman–Crippen LogP) is 2.47. The topological polar surface area (TPSA) is 68.9 Å². The van der Waals surface area contributed by atoms with Gasteiger partial charge in [0, 0.05) is 25.4 Å². The Balaban J connectivity index is 0.00000324. The zero-order chi connectivity index (χ0) is 13.2. The molecule has 3 N–H and O–H groups in total. The third kappa shape index (κ3) is 7.89. The van der Waals surface area contributed by atoms with Crippen molar-refractivity contribution in [3.8, 4) is 5.75 Å². The van der Waals surface area contributed by atoms with E-state index in [9.17, 15) is 0 Å². The van der Waals surface area contributed by atoms with Gasteiger partial charge in [0.2, 0.25) is 0 Å². The van der Waals surface area contributed by atoms with Crippen LogP contribution in [-0.2, 0) is 4.74 Å². The maximum absolute atomic E-state index is 5.76. The predicted molar refractivity (Wildman–Crippen MR) is 89.6 cm³/mol. The SMILES string of the molecule is CCOCCCN=C(N)Nc1ccc(OC)cc1.I. The average molecular weight is 379 g/mol. The van der Waals surface area contributed by atoms with Crippen molar-refractivity contribution in [2.45, 2.75) is 13.3 Å². The van der Waals surface area contributed by atoms with Gasteiger partial charge in [-0.3, -0.25) is 4.99 Å². The molecule has 0 atom stereocenters. The highest BCUT2D eigenvalue weighted by molar-refractivity contribution is 14.0. The van der Waals surface area contributed by atoms with Crippen molar-refractivity contribution in [2.75, 3.05) is 32.2 Å². The molecule has 0 aliphatic heterocycles. The van der Waals surface area contributed by atoms with Crippen LogP contribution in [0.2, 0.25) is 0 Å². The van der Waals surface area contributed by atoms with Crippen LogP contribution in [0.25, 0.3) is 0 Å². The number of nitrogens with two attached hydrogens (primary N) is 1. The van der Waals surface area contributed by atoms with Gasteiger partial charge in [-0.1, -0.05) is 0 Å². The van der Waals surface area contributed by atoms with Crippen LogP contribution in [0.3, 0.4) is 0 Å². The molecule has 5 nitrogen and oxygen atoms in total. The Bertz CT molecular complexity index is 369. The molecule has 0 aromatic heterocycles. The lowest BCUT2D eigenvalue weighted by atomic mass is 10.3. The van der Waals surface area contributed by atoms with Crippen molar-refractivity contribution in [3.63, 3.8) is 0 Å². The van der Waals surface area contributed by atoms with Crippen LogP contribution >= 0.6 is 24.0 Å². The smallest absolute Gasteiger partial charge is 0.193 e. The molecule has 0 radical (unpaired) electrons. The molecule has 0 unspecified atom stereocenters. The van der Waals surface area contributed by atoms with Crippen molar-refractivity contribution >= 4 is 35.6 Å². The number of methoxy groups -OCH3 is 1. The molecule has 0 fully saturated rings. The molecule has 108 valence electrons. The Morgan fingerprint density at radius 1 is 1.32 bits per heavy atom. The van der Waals surface area contributed by atoms with Gasteiger partial charge in [0.1, 0.15) is 5.75 Å². The first-order valence-corrected chi connectivity index (χ1v) is 6.05. The first-order valence-electron chi connectivity index (χ1n) is 6.05. The lowest BCUT2D eigenvalue weighted by Gasteiger charge is -2.06. The first kappa shape index (κ1) is 18.0. The Morgan fingerprint density at radius 3 is 2.58 bits per heavy atom. The minimum absolute atomic E-state index is 0. The number of halogens is 1. The number of guanidine groups is 1. The van der Waals surface area contributed by atoms with Gasteiger partial charge in [-0.05, 0) is 37.6 Å². The van der Waals surface area contributed by atoms with Crippen molar-refractivity contribution in [3.05, 3.63) is 24.3 Å². The highest BCUT2D eigenvalue weighted by Gasteiger charge is 1.95. The summed E-state index contributed by atoms with van der Waals surface area (Å²) in [7, 11) is 1.64. The second-order valence-corrected chi connectivity index (χ2v) is 3.67. The summed E-state index contributed by atoms with van der Waals surface area (Å²) >= 11 is 0. The number of nitrogens with zero attached hydrogens (tertiary/aromatic N) is 1. The van der Waals surface area contributed by atoms with E-state index in [-0.39, 0.29) is 24.0 Å². The Morgan fingerprint density at radius 2 is 2.00 bits per heavy atom. The highest BCUT2D eigenvalue weighted by atomic mass is 127. The number of hydrogen-bond acceptors (Lipinski definition) is 3. The van der Waals surface area contributed by atoms with Gasteiger partial charge >= 0.3 is 0 Å². The van der Waals surface area contributed by atoms with E-state index in [1.807, 2.05) is 31.2 Å². The van der Waals surface area contributed by atoms with E-state index in [2.05, 4.69) is 10.3 Å². The zero-order valence-corrected chi connectivity index (χ0v) is 13.7. The number of hydrogen-bond donors (Lipinski definition) is 2. The molecule has 1 aromatic carbocycles. The van der Waals surface area contributed by atoms with Gasteiger partial charge < -0.3 is 20.5 Å². The van der Waals surface area contributed by atoms with E-state index in [4.69, 9.17) is 15.2 Å². The Labute approximate surface area is 131 Å². The van der Waals surface area contributed by atoms with Crippen molar-refractivity contribution < 1.29 is 9.47 Å². The van der Waals surface area contributed by atoms with Gasteiger partial charge in [0.05, 0.1) is 7.11 Å². The van der Waals surface area contributed by atoms with E-state index >= 15 is 0 Å². The molecular weight excluding hydrogens is 357 g/mol. The van der Waals surface area contributed by atoms with E-state index in [1.165, 1.54) is 0 Å². The summed E-state index contributed by atoms with van der Waals surface area (Å²) in [6.45, 7) is 4.09. The number of ether oxygens (including phenoxy) is 2. The molecule has 0 aliphatic rings. The summed E-state index contributed by atoms with van der Waals surface area (Å²) in [5.74, 6) is 1.23. The average Bonchev–Trinajstić information content (AvgIpc) is 2.39. The van der Waals surface area contributed by atoms with E-state index < -0.39 is 0 Å². The molecule has 1 rings (SSSR count). The van der Waals surface area contributed by atoms with Crippen LogP contribution in [0.4, 0.5) is 5.69 Å². The summed E-state index contributed by atoms with van der Waals surface area (Å²) in [5.41, 5.74) is 6.65. The molecule has 0 saturated heterocycles. The summed E-state index contributed by atoms with van der Waals surface area (Å²) < 4.78 is 10.3. The van der Waals surface area contributed by atoms with Gasteiger partial charge in [0.15, 0.2) is 5.96 Å². The number of benzene rings is 1. The van der Waals surface area contributed by atoms with Crippen LogP contribution in [0.1, 0.15) is 13.3 Å². The quantitative estimate of drug-likeness (QED) is 0.331. The lowest BCUT2D eigenvalue weighted by molar-refractivity contribution is 0.146. The molecule has 0 heterocycles. The maximum atomic E-state index is 5.76. The van der Waals surface area contributed by atoms with E-state index in [0.29, 0.717) is 12.5 Å². The minimum Gasteiger partial charge on any atom is -0.497 e. The molecule has 0 amide bonds. The second kappa shape index (κ2) is 10.9. The molecule has 1 aromatic rings. The highest BCUT2D eigenvalue weighted by Crippen LogP contribution is 2.14. The molecule has 6 heteroatoms. The summed E-state index contributed by atoms with van der Waals surface area (Å²) in [6.07, 6.45) is 0.874. The van der Waals surface area contributed by atoms with Crippen LogP contribution in [0.5, 0.6) is 5.75 Å². The fraction of sp³-hybridized carbons (Fsp3) is 0.462. The molecule has 0 aliphatic carbocycles. The summed E-state index contributed by atoms with van der Waals surface area (Å²) in [4.78, 5) is 4.21. The number of nitrogens with one attached hydrogen (secondary N) is 1. The number of rotatable bonds is 7. The van der Waals surface area contributed by atoms with Gasteiger partial charge in [-0.25, -0.2) is 0 Å². The fourth-order valence-electron chi connectivity index (χ4n) is 1.37. The largest absolute Gasteiger partial charge is 0.497 e. The standard InChI is InChI=1S/C13H21N3O2.HI/c1-3-18-10-4-9-15-13(14)16-11-5-7-12(17-2)8-6-11;/h5-8H,3-4,9-10H2,1-2H3,(H3,14,15,16);1H. The monoisotopic (exact) mass is 379 g/mol. The molecule has 0 bridgehead atoms. The first-order chi connectivity index (χ1) is 8.76. The maximum Gasteiger partial charge on any atom is 0.193 e. The number of aliphatic imine (C=N–C) groups is 1. The molecular formula is C13H22IN3O2. The molecule has 19 heavy (non-hydrogen) atoms. The van der Waals surface area contributed by atoms with Crippen LogP contribution in [0, 0.1) is 0 Å². The Hall–Kier alpha value is -1.02. The number of anilines is 1. The molecule has 0 spiro atoms. The zero-order valence-electron chi connectivity index (χ0n) is 11.4. The van der Waals surface area contributed by atoms with E-state index in [1.54, 1.807) is 7.11 Å². The van der Waals surface area contributed by atoms with Gasteiger partial charge in [0.25, 0.3) is 0 Å². The molecule has 0 saturated carbocycles. The van der Waals surface area contributed by atoms with Crippen molar-refractivity contribution in [2.24, 2.45) is 10.7 Å². The second-order valence-electron chi connectivity index (χ2n) is 3.67.